The highest BCUT2D eigenvalue weighted by Crippen LogP contribution is 2.05. The number of hydrogen-bond donors (Lipinski definition) is 0. The average molecular weight is 171 g/mol. The van der Waals surface area contributed by atoms with Gasteiger partial charge in [-0.15, -0.1) is 0 Å². The number of hydrogen-bond acceptors (Lipinski definition) is 2. The predicted molar refractivity (Wildman–Crippen MR) is 45.1 cm³/mol. The van der Waals surface area contributed by atoms with E-state index in [0.717, 1.165) is 12.5 Å². The molecule has 3 heteroatoms. The highest BCUT2D eigenvalue weighted by atomic mass is 16.5. The molecule has 0 spiro atoms. The Morgan fingerprint density at radius 2 is 2.33 bits per heavy atom. The van der Waals surface area contributed by atoms with E-state index < -0.39 is 5.97 Å². The quantitative estimate of drug-likeness (QED) is 0.449. The molecule has 0 aromatic carbocycles. The van der Waals surface area contributed by atoms with Crippen LogP contribution in [0.5, 0.6) is 0 Å². The third kappa shape index (κ3) is 5.92. The van der Waals surface area contributed by atoms with Crippen molar-refractivity contribution in [2.75, 3.05) is 13.2 Å². The molecule has 0 fully saturated rings. The SMILES string of the molecule is C=CC(=O)OCC(C)CCC[O]. The molecule has 69 valence electrons. The largest absolute Gasteiger partial charge is 0.462 e. The molecule has 0 N–H and O–H groups in total. The van der Waals surface area contributed by atoms with Gasteiger partial charge in [-0.1, -0.05) is 13.5 Å². The zero-order valence-electron chi connectivity index (χ0n) is 7.41. The third-order valence-electron chi connectivity index (χ3n) is 1.52. The van der Waals surface area contributed by atoms with Crippen molar-refractivity contribution >= 4 is 5.97 Å². The maximum absolute atomic E-state index is 10.6. The van der Waals surface area contributed by atoms with Gasteiger partial charge < -0.3 is 4.74 Å². The first-order valence-electron chi connectivity index (χ1n) is 4.08. The van der Waals surface area contributed by atoms with Crippen molar-refractivity contribution in [3.8, 4) is 0 Å². The molecular weight excluding hydrogens is 156 g/mol. The van der Waals surface area contributed by atoms with E-state index in [1.165, 1.54) is 0 Å². The van der Waals surface area contributed by atoms with Gasteiger partial charge in [0.1, 0.15) is 0 Å². The van der Waals surface area contributed by atoms with Crippen molar-refractivity contribution in [2.24, 2.45) is 5.92 Å². The Kier molecular flexibility index (Phi) is 6.38. The second-order valence-electron chi connectivity index (χ2n) is 2.79. The number of rotatable bonds is 6. The first-order valence-corrected chi connectivity index (χ1v) is 4.08. The number of ether oxygens (including phenoxy) is 1. The maximum Gasteiger partial charge on any atom is 0.330 e. The molecule has 1 unspecified atom stereocenters. The van der Waals surface area contributed by atoms with Crippen LogP contribution in [0.15, 0.2) is 12.7 Å². The monoisotopic (exact) mass is 171 g/mol. The van der Waals surface area contributed by atoms with Crippen LogP contribution in [0, 0.1) is 5.92 Å². The van der Waals surface area contributed by atoms with Gasteiger partial charge in [0.25, 0.3) is 0 Å². The molecule has 1 radical (unpaired) electrons. The van der Waals surface area contributed by atoms with Crippen LogP contribution in [0.25, 0.3) is 0 Å². The van der Waals surface area contributed by atoms with Crippen molar-refractivity contribution in [2.45, 2.75) is 19.8 Å². The molecule has 3 nitrogen and oxygen atoms in total. The highest BCUT2D eigenvalue weighted by Gasteiger charge is 2.03. The standard InChI is InChI=1S/C9H15O3/c1-3-9(11)12-7-8(2)5-4-6-10/h3,8H,1,4-7H2,2H3. The van der Waals surface area contributed by atoms with Gasteiger partial charge in [0.15, 0.2) is 0 Å². The Morgan fingerprint density at radius 3 is 2.83 bits per heavy atom. The number of carbonyl (C=O) groups excluding carboxylic acids is 1. The van der Waals surface area contributed by atoms with Crippen LogP contribution >= 0.6 is 0 Å². The zero-order valence-corrected chi connectivity index (χ0v) is 7.41. The van der Waals surface area contributed by atoms with Gasteiger partial charge in [-0.25, -0.2) is 9.90 Å². The van der Waals surface area contributed by atoms with E-state index in [-0.39, 0.29) is 12.5 Å². The summed E-state index contributed by atoms with van der Waals surface area (Å²) in [4.78, 5) is 10.6. The first-order chi connectivity index (χ1) is 5.70. The Balaban J connectivity index is 3.36. The van der Waals surface area contributed by atoms with Crippen LogP contribution in [-0.4, -0.2) is 19.2 Å². The van der Waals surface area contributed by atoms with Crippen molar-refractivity contribution in [3.63, 3.8) is 0 Å². The van der Waals surface area contributed by atoms with Crippen molar-refractivity contribution in [1.82, 2.24) is 0 Å². The maximum atomic E-state index is 10.6. The van der Waals surface area contributed by atoms with Crippen LogP contribution in [0.2, 0.25) is 0 Å². The highest BCUT2D eigenvalue weighted by molar-refractivity contribution is 5.81. The molecule has 0 saturated carbocycles. The van der Waals surface area contributed by atoms with Gasteiger partial charge in [0.2, 0.25) is 0 Å². The minimum atomic E-state index is -0.399. The second kappa shape index (κ2) is 6.85. The molecule has 0 aliphatic rings. The molecule has 0 aliphatic heterocycles. The number of carbonyl (C=O) groups is 1. The summed E-state index contributed by atoms with van der Waals surface area (Å²) in [7, 11) is 0. The minimum absolute atomic E-state index is 0.0558. The van der Waals surface area contributed by atoms with Crippen LogP contribution < -0.4 is 0 Å². The summed E-state index contributed by atoms with van der Waals surface area (Å²) in [6.45, 7) is 5.55. The summed E-state index contributed by atoms with van der Waals surface area (Å²) >= 11 is 0. The van der Waals surface area contributed by atoms with Crippen LogP contribution in [0.3, 0.4) is 0 Å². The Hall–Kier alpha value is -0.830. The molecule has 0 amide bonds. The fraction of sp³-hybridized carbons (Fsp3) is 0.667. The Bertz CT molecular complexity index is 143. The topological polar surface area (TPSA) is 46.2 Å². The Morgan fingerprint density at radius 1 is 1.67 bits per heavy atom. The minimum Gasteiger partial charge on any atom is -0.462 e. The molecule has 0 aromatic rings. The summed E-state index contributed by atoms with van der Waals surface area (Å²) in [5.74, 6) is -0.133. The van der Waals surface area contributed by atoms with Crippen molar-refractivity contribution in [3.05, 3.63) is 12.7 Å². The van der Waals surface area contributed by atoms with E-state index in [1.807, 2.05) is 6.92 Å². The van der Waals surface area contributed by atoms with Gasteiger partial charge in [-0.2, -0.15) is 0 Å². The number of esters is 1. The van der Waals surface area contributed by atoms with E-state index in [9.17, 15) is 9.90 Å². The van der Waals surface area contributed by atoms with Gasteiger partial charge in [0.05, 0.1) is 13.2 Å². The first kappa shape index (κ1) is 11.2. The lowest BCUT2D eigenvalue weighted by molar-refractivity contribution is -0.139. The lowest BCUT2D eigenvalue weighted by atomic mass is 10.1. The molecule has 0 bridgehead atoms. The molecule has 0 saturated heterocycles. The van der Waals surface area contributed by atoms with E-state index in [4.69, 9.17) is 4.74 Å². The van der Waals surface area contributed by atoms with Gasteiger partial charge in [-0.3, -0.25) is 0 Å². The van der Waals surface area contributed by atoms with Gasteiger partial charge >= 0.3 is 5.97 Å². The summed E-state index contributed by atoms with van der Waals surface area (Å²) in [6.07, 6.45) is 2.60. The van der Waals surface area contributed by atoms with E-state index in [1.54, 1.807) is 0 Å². The van der Waals surface area contributed by atoms with Crippen LogP contribution in [0.4, 0.5) is 0 Å². The molecule has 0 rings (SSSR count). The average Bonchev–Trinajstić information content (AvgIpc) is 2.10. The smallest absolute Gasteiger partial charge is 0.330 e. The second-order valence-corrected chi connectivity index (χ2v) is 2.79. The third-order valence-corrected chi connectivity index (χ3v) is 1.52. The van der Waals surface area contributed by atoms with E-state index in [2.05, 4.69) is 6.58 Å². The van der Waals surface area contributed by atoms with Crippen molar-refractivity contribution < 1.29 is 14.6 Å². The van der Waals surface area contributed by atoms with Crippen LogP contribution in [-0.2, 0) is 14.6 Å². The molecule has 12 heavy (non-hydrogen) atoms. The molecule has 0 aliphatic carbocycles. The predicted octanol–water partition coefficient (Wildman–Crippen LogP) is 1.56. The zero-order chi connectivity index (χ0) is 9.40. The lowest BCUT2D eigenvalue weighted by Gasteiger charge is -2.09. The summed E-state index contributed by atoms with van der Waals surface area (Å²) in [6, 6.07) is 0. The van der Waals surface area contributed by atoms with E-state index >= 15 is 0 Å². The fourth-order valence-corrected chi connectivity index (χ4v) is 0.798. The van der Waals surface area contributed by atoms with Crippen LogP contribution in [0.1, 0.15) is 19.8 Å². The summed E-state index contributed by atoms with van der Waals surface area (Å²) in [5, 5.41) is 10.1. The fourth-order valence-electron chi connectivity index (χ4n) is 0.798. The summed E-state index contributed by atoms with van der Waals surface area (Å²) in [5.41, 5.74) is 0. The molecular formula is C9H15O3. The van der Waals surface area contributed by atoms with Gasteiger partial charge in [-0.05, 0) is 18.8 Å². The molecule has 1 atom stereocenters. The van der Waals surface area contributed by atoms with Gasteiger partial charge in [0, 0.05) is 6.08 Å². The summed E-state index contributed by atoms with van der Waals surface area (Å²) < 4.78 is 4.79. The normalized spacial score (nSPS) is 12.2. The van der Waals surface area contributed by atoms with Crippen molar-refractivity contribution in [1.29, 1.82) is 0 Å². The molecule has 0 heterocycles. The molecule has 0 aromatic heterocycles. The lowest BCUT2D eigenvalue weighted by Crippen LogP contribution is -2.10. The Labute approximate surface area is 73.0 Å². The van der Waals surface area contributed by atoms with E-state index in [0.29, 0.717) is 13.0 Å².